The smallest absolute Gasteiger partial charge is 0.277 e. The number of carbonyl (C=O) groups is 5. The molecule has 0 radical (unpaired) electrons. The van der Waals surface area contributed by atoms with Crippen molar-refractivity contribution in [3.63, 3.8) is 0 Å². The fraction of sp³-hybridized carbons (Fsp3) is 0.434. The Morgan fingerprint density at radius 1 is 0.822 bits per heavy atom. The summed E-state index contributed by atoms with van der Waals surface area (Å²) in [7, 11) is 1.88. The molecule has 5 aromatic rings. The molecule has 20 heteroatoms. The molecular formula is C53H62N10O10. The van der Waals surface area contributed by atoms with Gasteiger partial charge in [0, 0.05) is 85.9 Å². The largest absolute Gasteiger partial charge is 0.494 e. The minimum absolute atomic E-state index is 0.139. The zero-order valence-electron chi connectivity index (χ0n) is 41.1. The van der Waals surface area contributed by atoms with Gasteiger partial charge in [0.25, 0.3) is 11.8 Å². The predicted molar refractivity (Wildman–Crippen MR) is 269 cm³/mol. The number of anilines is 2. The number of rotatable bonds is 27. The number of nitrogens with one attached hydrogen (secondary N) is 3. The van der Waals surface area contributed by atoms with Gasteiger partial charge in [-0.05, 0) is 93.1 Å². The van der Waals surface area contributed by atoms with Gasteiger partial charge in [-0.3, -0.25) is 29.3 Å². The van der Waals surface area contributed by atoms with Crippen molar-refractivity contribution in [2.45, 2.75) is 89.8 Å². The molecule has 2 aromatic heterocycles. The summed E-state index contributed by atoms with van der Waals surface area (Å²) in [6, 6.07) is 19.1. The Bertz CT molecular complexity index is 2750. The number of fused-ring (bicyclic) bond motifs is 2. The van der Waals surface area contributed by atoms with Gasteiger partial charge in [-0.1, -0.05) is 25.0 Å². The van der Waals surface area contributed by atoms with E-state index in [1.165, 1.54) is 11.2 Å². The number of carbonyl (C=O) groups excluding carboxylic acids is 5. The first-order valence-electron chi connectivity index (χ1n) is 25.0. The maximum absolute atomic E-state index is 13.4. The average molecular weight is 999 g/mol. The third kappa shape index (κ3) is 14.4. The summed E-state index contributed by atoms with van der Waals surface area (Å²) >= 11 is 0. The highest BCUT2D eigenvalue weighted by Crippen LogP contribution is 2.33. The second-order valence-electron chi connectivity index (χ2n) is 17.8. The van der Waals surface area contributed by atoms with E-state index in [2.05, 4.69) is 41.1 Å². The minimum atomic E-state index is -0.708. The fourth-order valence-corrected chi connectivity index (χ4v) is 8.72. The number of unbranched alkanes of at least 4 members (excludes halogenated alkanes) is 5. The Kier molecular flexibility index (Phi) is 18.7. The lowest BCUT2D eigenvalue weighted by atomic mass is 10.0. The molecule has 1 saturated heterocycles. The number of amides is 5. The minimum Gasteiger partial charge on any atom is -0.494 e. The van der Waals surface area contributed by atoms with Crippen LogP contribution in [0.5, 0.6) is 11.5 Å². The maximum Gasteiger partial charge on any atom is 0.277 e. The highest BCUT2D eigenvalue weighted by Gasteiger charge is 2.40. The number of hydrogen-bond acceptors (Lipinski definition) is 15. The summed E-state index contributed by atoms with van der Waals surface area (Å²) in [5, 5.41) is 17.2. The van der Waals surface area contributed by atoms with Gasteiger partial charge in [0.05, 0.1) is 51.9 Å². The molecule has 0 spiro atoms. The summed E-state index contributed by atoms with van der Waals surface area (Å²) in [6.07, 6.45) is 10.6. The summed E-state index contributed by atoms with van der Waals surface area (Å²) < 4.78 is 30.9. The SMILES string of the molecule is Cn1c(CNc2cccc(C(=O)N=C3CCOc4ccc(OCCCCCCOCCOCCOCCCCCC(=O)Nc5cccc6c5CN(C5CCC(=O)NC5=O)C6=O)cc43)c2)nnc1-c1ccncn1. The van der Waals surface area contributed by atoms with E-state index < -0.39 is 11.9 Å². The predicted octanol–water partition coefficient (Wildman–Crippen LogP) is 6.25. The quantitative estimate of drug-likeness (QED) is 0.0390. The number of piperidine rings is 1. The van der Waals surface area contributed by atoms with Crippen LogP contribution in [0.15, 0.2) is 84.2 Å². The standard InChI is InChI=1S/C53H62N10O10/c1-62-47(60-61-50(62)44-20-22-54-35-56-44)33-55-37-12-9-11-36(31-37)51(66)58-43-21-26-73-46-18-16-38(32-40(43)46)72-25-8-3-2-6-23-69-27-29-71-30-28-70-24-7-4-5-15-48(64)57-42-14-10-13-39-41(42)34-63(53(39)68)45-17-19-49(65)59-52(45)67/h9-14,16,18,20,22,31-32,35,45,55H,2-8,15,17,19,21,23-30,33-34H2,1H3,(H,57,64)(H,59,65,67). The van der Waals surface area contributed by atoms with Gasteiger partial charge in [-0.2, -0.15) is 0 Å². The normalized spacial score (nSPS) is 15.7. The number of ether oxygens (including phenoxy) is 5. The van der Waals surface area contributed by atoms with Crippen LogP contribution in [0.1, 0.15) is 108 Å². The van der Waals surface area contributed by atoms with Gasteiger partial charge >= 0.3 is 0 Å². The van der Waals surface area contributed by atoms with Crippen LogP contribution < -0.4 is 25.4 Å². The molecule has 3 aliphatic rings. The third-order valence-corrected chi connectivity index (χ3v) is 12.7. The Labute approximate surface area is 423 Å². The molecule has 1 unspecified atom stereocenters. The van der Waals surface area contributed by atoms with Crippen LogP contribution >= 0.6 is 0 Å². The molecular weight excluding hydrogens is 937 g/mol. The first kappa shape index (κ1) is 51.9. The second-order valence-corrected chi connectivity index (χ2v) is 17.8. The molecule has 5 amide bonds. The van der Waals surface area contributed by atoms with Gasteiger partial charge in [-0.25, -0.2) is 15.0 Å². The Morgan fingerprint density at radius 2 is 1.59 bits per heavy atom. The highest BCUT2D eigenvalue weighted by atomic mass is 16.5. The van der Waals surface area contributed by atoms with E-state index >= 15 is 0 Å². The number of imide groups is 1. The molecule has 3 aromatic carbocycles. The van der Waals surface area contributed by atoms with E-state index in [1.807, 2.05) is 41.9 Å². The van der Waals surface area contributed by atoms with Crippen molar-refractivity contribution in [3.8, 4) is 23.0 Å². The van der Waals surface area contributed by atoms with Crippen LogP contribution in [-0.2, 0) is 48.7 Å². The van der Waals surface area contributed by atoms with Crippen molar-refractivity contribution in [2.24, 2.45) is 12.0 Å². The summed E-state index contributed by atoms with van der Waals surface area (Å²) in [5.41, 5.74) is 5.02. The Hall–Kier alpha value is -7.42. The van der Waals surface area contributed by atoms with Crippen LogP contribution in [-0.4, -0.2) is 124 Å². The van der Waals surface area contributed by atoms with Crippen LogP contribution in [0.4, 0.5) is 11.4 Å². The maximum atomic E-state index is 13.4. The van der Waals surface area contributed by atoms with Gasteiger partial charge in [0.1, 0.15) is 29.6 Å². The lowest BCUT2D eigenvalue weighted by Gasteiger charge is -2.29. The summed E-state index contributed by atoms with van der Waals surface area (Å²) in [4.78, 5) is 77.5. The Balaban J connectivity index is 0.627. The monoisotopic (exact) mass is 998 g/mol. The molecule has 1 fully saturated rings. The van der Waals surface area contributed by atoms with Gasteiger partial charge < -0.3 is 43.8 Å². The highest BCUT2D eigenvalue weighted by molar-refractivity contribution is 6.12. The van der Waals surface area contributed by atoms with Crippen molar-refractivity contribution in [1.82, 2.24) is 34.9 Å². The number of aromatic nitrogens is 5. The molecule has 8 rings (SSSR count). The second kappa shape index (κ2) is 26.3. The van der Waals surface area contributed by atoms with E-state index in [4.69, 9.17) is 23.7 Å². The van der Waals surface area contributed by atoms with E-state index in [0.29, 0.717) is 136 Å². The lowest BCUT2D eigenvalue weighted by molar-refractivity contribution is -0.137. The van der Waals surface area contributed by atoms with Gasteiger partial charge in [0.2, 0.25) is 17.7 Å². The zero-order valence-corrected chi connectivity index (χ0v) is 41.1. The van der Waals surface area contributed by atoms with Gasteiger partial charge in [-0.15, -0.1) is 10.2 Å². The van der Waals surface area contributed by atoms with E-state index in [9.17, 15) is 24.0 Å². The van der Waals surface area contributed by atoms with E-state index in [-0.39, 0.29) is 43.0 Å². The summed E-state index contributed by atoms with van der Waals surface area (Å²) in [5.74, 6) is 1.16. The molecule has 0 aliphatic carbocycles. The van der Waals surface area contributed by atoms with Crippen molar-refractivity contribution in [1.29, 1.82) is 0 Å². The average Bonchev–Trinajstić information content (AvgIpc) is 3.95. The van der Waals surface area contributed by atoms with Gasteiger partial charge in [0.15, 0.2) is 11.6 Å². The van der Waals surface area contributed by atoms with Crippen LogP contribution in [0, 0.1) is 0 Å². The first-order chi connectivity index (χ1) is 35.7. The molecule has 0 bridgehead atoms. The van der Waals surface area contributed by atoms with Crippen LogP contribution in [0.3, 0.4) is 0 Å². The number of benzene rings is 3. The fourth-order valence-electron chi connectivity index (χ4n) is 8.72. The molecule has 5 heterocycles. The van der Waals surface area contributed by atoms with Crippen molar-refractivity contribution < 1.29 is 47.7 Å². The van der Waals surface area contributed by atoms with Crippen molar-refractivity contribution >= 4 is 46.6 Å². The first-order valence-corrected chi connectivity index (χ1v) is 25.0. The molecule has 384 valence electrons. The molecule has 73 heavy (non-hydrogen) atoms. The topological polar surface area (TPSA) is 240 Å². The molecule has 3 N–H and O–H groups in total. The van der Waals surface area contributed by atoms with Crippen molar-refractivity contribution in [2.75, 3.05) is 63.5 Å². The zero-order chi connectivity index (χ0) is 50.8. The molecule has 20 nitrogen and oxygen atoms in total. The number of hydrogen-bond donors (Lipinski definition) is 3. The lowest BCUT2D eigenvalue weighted by Crippen LogP contribution is -2.52. The number of nitrogens with zero attached hydrogens (tertiary/aromatic N) is 7. The van der Waals surface area contributed by atoms with Crippen molar-refractivity contribution in [3.05, 3.63) is 107 Å². The molecule has 3 aliphatic heterocycles. The molecule has 0 saturated carbocycles. The Morgan fingerprint density at radius 3 is 2.37 bits per heavy atom. The third-order valence-electron chi connectivity index (χ3n) is 12.7. The molecule has 1 atom stereocenters. The van der Waals surface area contributed by atoms with E-state index in [0.717, 1.165) is 49.8 Å². The summed E-state index contributed by atoms with van der Waals surface area (Å²) in [6.45, 7) is 4.81. The van der Waals surface area contributed by atoms with Crippen LogP contribution in [0.2, 0.25) is 0 Å². The number of aliphatic imine (C=N–C) groups is 1. The van der Waals surface area contributed by atoms with Crippen LogP contribution in [0.25, 0.3) is 11.5 Å². The van der Waals surface area contributed by atoms with E-state index in [1.54, 1.807) is 42.6 Å².